The molecule has 5 fully saturated rings. The first-order chi connectivity index (χ1) is 15.5. The first-order valence-corrected chi connectivity index (χ1v) is 13.5. The largest absolute Gasteiger partial charge is 0.431 e. The fourth-order valence-corrected chi connectivity index (χ4v) is 9.57. The van der Waals surface area contributed by atoms with Gasteiger partial charge >= 0.3 is 16.0 Å². The van der Waals surface area contributed by atoms with E-state index in [0.29, 0.717) is 30.6 Å². The van der Waals surface area contributed by atoms with Gasteiger partial charge in [-0.2, -0.15) is 8.42 Å². The Morgan fingerprint density at radius 3 is 2.58 bits per heavy atom. The summed E-state index contributed by atoms with van der Waals surface area (Å²) in [5.41, 5.74) is -0.0903. The molecular formula is C24H32O8S. The molecule has 9 heteroatoms. The van der Waals surface area contributed by atoms with Gasteiger partial charge in [0.1, 0.15) is 11.7 Å². The first-order valence-electron chi connectivity index (χ1n) is 12.1. The van der Waals surface area contributed by atoms with E-state index in [1.807, 2.05) is 0 Å². The van der Waals surface area contributed by atoms with Crippen LogP contribution in [0.5, 0.6) is 0 Å². The van der Waals surface area contributed by atoms with Gasteiger partial charge in [-0.1, -0.05) is 13.8 Å². The quantitative estimate of drug-likeness (QED) is 0.499. The van der Waals surface area contributed by atoms with E-state index >= 15 is 0 Å². The van der Waals surface area contributed by atoms with E-state index in [1.54, 1.807) is 6.07 Å². The third-order valence-corrected chi connectivity index (χ3v) is 10.9. The summed E-state index contributed by atoms with van der Waals surface area (Å²) in [4.78, 5) is 11.5. The molecule has 1 aromatic rings. The lowest BCUT2D eigenvalue weighted by molar-refractivity contribution is -0.141. The fraction of sp³-hybridized carbons (Fsp3) is 0.792. The monoisotopic (exact) mass is 480 g/mol. The van der Waals surface area contributed by atoms with Gasteiger partial charge in [-0.05, 0) is 79.7 Å². The van der Waals surface area contributed by atoms with E-state index < -0.39 is 28.2 Å². The van der Waals surface area contributed by atoms with Crippen molar-refractivity contribution in [2.24, 2.45) is 28.6 Å². The Morgan fingerprint density at radius 1 is 1.09 bits per heavy atom. The summed E-state index contributed by atoms with van der Waals surface area (Å²) in [6.45, 7) is 4.57. The molecule has 0 unspecified atom stereocenters. The number of aliphatic hydroxyl groups is 1. The molecule has 2 heterocycles. The van der Waals surface area contributed by atoms with Crippen molar-refractivity contribution in [3.63, 3.8) is 0 Å². The van der Waals surface area contributed by atoms with Crippen LogP contribution >= 0.6 is 0 Å². The summed E-state index contributed by atoms with van der Waals surface area (Å²) in [5.74, 6) is 0.964. The molecule has 182 valence electrons. The van der Waals surface area contributed by atoms with Gasteiger partial charge in [0.05, 0.1) is 18.5 Å². The SMILES string of the molecule is C[C@]12CC[C@H](OS(=O)(=O)O)C[C@H]1CC[C@@H]1[C@@H]2CC[C@]2(C)[C@@H](c3ccc(=O)oc3)[C@@H](O)[C@H]3O[C@]132. The molecule has 4 aliphatic carbocycles. The molecule has 4 saturated carbocycles. The van der Waals surface area contributed by atoms with Crippen molar-refractivity contribution >= 4 is 10.4 Å². The van der Waals surface area contributed by atoms with Gasteiger partial charge in [0.25, 0.3) is 0 Å². The average molecular weight is 481 g/mol. The number of epoxide rings is 1. The molecule has 10 atom stereocenters. The normalized spacial score (nSPS) is 50.6. The maximum absolute atomic E-state index is 11.5. The molecule has 5 aliphatic rings. The molecule has 2 N–H and O–H groups in total. The number of fused-ring (bicyclic) bond motifs is 3. The first kappa shape index (κ1) is 22.2. The third kappa shape index (κ3) is 2.95. The highest BCUT2D eigenvalue weighted by Gasteiger charge is 2.83. The van der Waals surface area contributed by atoms with Gasteiger partial charge in [-0.25, -0.2) is 8.98 Å². The van der Waals surface area contributed by atoms with E-state index in [1.165, 1.54) is 12.3 Å². The van der Waals surface area contributed by atoms with Gasteiger partial charge in [0.15, 0.2) is 0 Å². The smallest absolute Gasteiger partial charge is 0.397 e. The van der Waals surface area contributed by atoms with Crippen LogP contribution in [0.4, 0.5) is 0 Å². The standard InChI is InChI=1S/C24H32O8S/c1-22-9-7-15(32-33(27,28)29)11-14(22)4-5-17-16(22)8-10-23(2)19(13-3-6-18(25)30-12-13)20(26)21-24(17,23)31-21/h3,6,12,14-17,19-21,26H,4-5,7-11H2,1-2H3,(H,27,28,29)/t14-,15+,16+,17-,19+,20-,21-,22+,23-,24-/m1/s1. The molecule has 0 radical (unpaired) electrons. The third-order valence-electron chi connectivity index (χ3n) is 10.4. The predicted molar refractivity (Wildman–Crippen MR) is 117 cm³/mol. The van der Waals surface area contributed by atoms with Crippen molar-refractivity contribution in [1.82, 2.24) is 0 Å². The van der Waals surface area contributed by atoms with Gasteiger partial charge in [-0.3, -0.25) is 4.55 Å². The zero-order chi connectivity index (χ0) is 23.4. The Labute approximate surface area is 193 Å². The maximum atomic E-state index is 11.5. The van der Waals surface area contributed by atoms with Crippen molar-refractivity contribution in [1.29, 1.82) is 0 Å². The molecule has 1 spiro atoms. The fourth-order valence-electron chi connectivity index (χ4n) is 9.05. The lowest BCUT2D eigenvalue weighted by atomic mass is 9.44. The van der Waals surface area contributed by atoms with E-state index in [4.69, 9.17) is 17.9 Å². The van der Waals surface area contributed by atoms with Crippen molar-refractivity contribution in [3.8, 4) is 0 Å². The van der Waals surface area contributed by atoms with Crippen molar-refractivity contribution in [3.05, 3.63) is 34.4 Å². The summed E-state index contributed by atoms with van der Waals surface area (Å²) >= 11 is 0. The molecule has 1 aromatic heterocycles. The Morgan fingerprint density at radius 2 is 1.88 bits per heavy atom. The zero-order valence-electron chi connectivity index (χ0n) is 19.0. The van der Waals surface area contributed by atoms with Gasteiger partial charge in [-0.15, -0.1) is 0 Å². The summed E-state index contributed by atoms with van der Waals surface area (Å²) in [5, 5.41) is 11.3. The minimum Gasteiger partial charge on any atom is -0.431 e. The number of rotatable bonds is 3. The summed E-state index contributed by atoms with van der Waals surface area (Å²) in [7, 11) is -4.44. The van der Waals surface area contributed by atoms with Gasteiger partial charge < -0.3 is 14.3 Å². The second kappa shape index (κ2) is 6.91. The van der Waals surface area contributed by atoms with Crippen LogP contribution in [0, 0.1) is 28.6 Å². The number of aliphatic hydroxyl groups excluding tert-OH is 1. The Hall–Kier alpha value is -1.26. The van der Waals surface area contributed by atoms with E-state index in [9.17, 15) is 18.3 Å². The van der Waals surface area contributed by atoms with E-state index in [0.717, 1.165) is 37.7 Å². The van der Waals surface area contributed by atoms with Crippen LogP contribution in [0.15, 0.2) is 27.6 Å². The maximum Gasteiger partial charge on any atom is 0.397 e. The number of hydrogen-bond acceptors (Lipinski definition) is 7. The second-order valence-corrected chi connectivity index (χ2v) is 12.6. The average Bonchev–Trinajstić information content (AvgIpc) is 3.45. The van der Waals surface area contributed by atoms with Crippen LogP contribution in [0.3, 0.4) is 0 Å². The van der Waals surface area contributed by atoms with E-state index in [2.05, 4.69) is 13.8 Å². The molecule has 8 nitrogen and oxygen atoms in total. The van der Waals surface area contributed by atoms with Crippen LogP contribution < -0.4 is 5.63 Å². The van der Waals surface area contributed by atoms with Gasteiger partial charge in [0.2, 0.25) is 0 Å². The van der Waals surface area contributed by atoms with Crippen molar-refractivity contribution in [2.75, 3.05) is 0 Å². The summed E-state index contributed by atoms with van der Waals surface area (Å²) in [6.07, 6.45) is 6.18. The van der Waals surface area contributed by atoms with Crippen LogP contribution in [0.25, 0.3) is 0 Å². The van der Waals surface area contributed by atoms with Gasteiger partial charge in [0, 0.05) is 17.4 Å². The van der Waals surface area contributed by atoms with Crippen molar-refractivity contribution in [2.45, 2.75) is 88.6 Å². The molecule has 33 heavy (non-hydrogen) atoms. The second-order valence-electron chi connectivity index (χ2n) is 11.6. The molecule has 0 bridgehead atoms. The molecule has 1 aliphatic heterocycles. The summed E-state index contributed by atoms with van der Waals surface area (Å²) in [6, 6.07) is 3.21. The van der Waals surface area contributed by atoms with Crippen LogP contribution in [-0.2, 0) is 19.3 Å². The molecule has 6 rings (SSSR count). The Balaban J connectivity index is 1.30. The number of hydrogen-bond donors (Lipinski definition) is 2. The topological polar surface area (TPSA) is 127 Å². The molecule has 0 amide bonds. The van der Waals surface area contributed by atoms with Crippen LogP contribution in [0.1, 0.15) is 70.3 Å². The molecule has 0 aromatic carbocycles. The highest BCUT2D eigenvalue weighted by Crippen LogP contribution is 2.77. The highest BCUT2D eigenvalue weighted by molar-refractivity contribution is 7.80. The Kier molecular flexibility index (Phi) is 4.65. The minimum absolute atomic E-state index is 0.0527. The Bertz CT molecular complexity index is 1110. The molecular weight excluding hydrogens is 448 g/mol. The predicted octanol–water partition coefficient (Wildman–Crippen LogP) is 3.06. The van der Waals surface area contributed by atoms with Crippen LogP contribution in [0.2, 0.25) is 0 Å². The lowest BCUT2D eigenvalue weighted by Gasteiger charge is -2.61. The minimum atomic E-state index is -4.44. The van der Waals surface area contributed by atoms with E-state index in [-0.39, 0.29) is 28.5 Å². The molecule has 1 saturated heterocycles. The summed E-state index contributed by atoms with van der Waals surface area (Å²) < 4.78 is 48.1. The van der Waals surface area contributed by atoms with Crippen LogP contribution in [-0.4, -0.2) is 42.0 Å². The van der Waals surface area contributed by atoms with Crippen molar-refractivity contribution < 1.29 is 31.4 Å². The highest BCUT2D eigenvalue weighted by atomic mass is 32.3. The number of ether oxygens (including phenoxy) is 1. The lowest BCUT2D eigenvalue weighted by Crippen LogP contribution is -2.58. The zero-order valence-corrected chi connectivity index (χ0v) is 19.8.